The fourth-order valence-electron chi connectivity index (χ4n) is 2.80. The van der Waals surface area contributed by atoms with E-state index in [0.717, 1.165) is 22.4 Å². The Hall–Kier alpha value is -1.81. The third-order valence-corrected chi connectivity index (χ3v) is 5.55. The second-order valence-electron chi connectivity index (χ2n) is 7.50. The SMILES string of the molecule is CN=C(NCc1ccc(OCC(C)C)cc1)NCc1ccc(S(C)(=O)=O)c(C)c1.I. The van der Waals surface area contributed by atoms with Crippen LogP contribution in [-0.4, -0.2) is 34.3 Å². The van der Waals surface area contributed by atoms with Gasteiger partial charge >= 0.3 is 0 Å². The number of nitrogens with zero attached hydrogens (tertiary/aromatic N) is 1. The van der Waals surface area contributed by atoms with Gasteiger partial charge in [-0.15, -0.1) is 24.0 Å². The first kappa shape index (κ1) is 26.2. The van der Waals surface area contributed by atoms with Crippen LogP contribution in [0.1, 0.15) is 30.5 Å². The molecule has 30 heavy (non-hydrogen) atoms. The Balaban J connectivity index is 0.00000450. The van der Waals surface area contributed by atoms with E-state index < -0.39 is 9.84 Å². The fraction of sp³-hybridized carbons (Fsp3) is 0.409. The summed E-state index contributed by atoms with van der Waals surface area (Å²) < 4.78 is 29.2. The number of rotatable bonds is 8. The van der Waals surface area contributed by atoms with Crippen molar-refractivity contribution in [2.45, 2.75) is 38.8 Å². The van der Waals surface area contributed by atoms with E-state index in [1.165, 1.54) is 6.26 Å². The van der Waals surface area contributed by atoms with Gasteiger partial charge in [-0.05, 0) is 47.7 Å². The number of sulfone groups is 1. The van der Waals surface area contributed by atoms with Gasteiger partial charge in [0.05, 0.1) is 11.5 Å². The van der Waals surface area contributed by atoms with Gasteiger partial charge in [-0.1, -0.05) is 38.1 Å². The molecule has 0 saturated heterocycles. The Morgan fingerprint density at radius 3 is 2.10 bits per heavy atom. The van der Waals surface area contributed by atoms with Gasteiger partial charge in [-0.3, -0.25) is 4.99 Å². The van der Waals surface area contributed by atoms with Crippen LogP contribution in [0.4, 0.5) is 0 Å². The van der Waals surface area contributed by atoms with Crippen LogP contribution in [0, 0.1) is 12.8 Å². The second kappa shape index (κ2) is 12.1. The van der Waals surface area contributed by atoms with Crippen LogP contribution in [0.5, 0.6) is 5.75 Å². The van der Waals surface area contributed by atoms with Crippen molar-refractivity contribution in [1.29, 1.82) is 0 Å². The molecule has 0 bridgehead atoms. The lowest BCUT2D eigenvalue weighted by Gasteiger charge is -2.14. The zero-order valence-electron chi connectivity index (χ0n) is 18.2. The Kier molecular flexibility index (Phi) is 10.6. The summed E-state index contributed by atoms with van der Waals surface area (Å²) >= 11 is 0. The molecule has 2 N–H and O–H groups in total. The zero-order valence-corrected chi connectivity index (χ0v) is 21.4. The molecule has 0 atom stereocenters. The van der Waals surface area contributed by atoms with Crippen molar-refractivity contribution in [1.82, 2.24) is 10.6 Å². The van der Waals surface area contributed by atoms with Gasteiger partial charge in [0.1, 0.15) is 5.75 Å². The molecule has 0 saturated carbocycles. The molecule has 0 heterocycles. The molecule has 2 aromatic carbocycles. The molecule has 166 valence electrons. The minimum Gasteiger partial charge on any atom is -0.493 e. The maximum absolute atomic E-state index is 11.7. The van der Waals surface area contributed by atoms with Crippen molar-refractivity contribution in [3.63, 3.8) is 0 Å². The third kappa shape index (κ3) is 8.51. The van der Waals surface area contributed by atoms with Gasteiger partial charge in [0.25, 0.3) is 0 Å². The average molecular weight is 545 g/mol. The third-order valence-electron chi connectivity index (χ3n) is 4.29. The summed E-state index contributed by atoms with van der Waals surface area (Å²) in [4.78, 5) is 4.60. The topological polar surface area (TPSA) is 79.8 Å². The van der Waals surface area contributed by atoms with Crippen molar-refractivity contribution in [3.8, 4) is 5.75 Å². The van der Waals surface area contributed by atoms with E-state index in [0.29, 0.717) is 36.5 Å². The van der Waals surface area contributed by atoms with Crippen molar-refractivity contribution >= 4 is 39.8 Å². The number of guanidine groups is 1. The van der Waals surface area contributed by atoms with E-state index in [2.05, 4.69) is 29.5 Å². The zero-order chi connectivity index (χ0) is 21.4. The number of ether oxygens (including phenoxy) is 1. The number of hydrogen-bond acceptors (Lipinski definition) is 4. The first-order valence-electron chi connectivity index (χ1n) is 9.65. The van der Waals surface area contributed by atoms with Crippen molar-refractivity contribution in [3.05, 3.63) is 59.2 Å². The van der Waals surface area contributed by atoms with Crippen LogP contribution in [0.25, 0.3) is 0 Å². The molecule has 0 fully saturated rings. The van der Waals surface area contributed by atoms with Crippen LogP contribution in [0.3, 0.4) is 0 Å². The quantitative estimate of drug-likeness (QED) is 0.299. The lowest BCUT2D eigenvalue weighted by atomic mass is 10.1. The number of halogens is 1. The molecule has 0 amide bonds. The Morgan fingerprint density at radius 2 is 1.60 bits per heavy atom. The Bertz CT molecular complexity index is 943. The van der Waals surface area contributed by atoms with E-state index in [-0.39, 0.29) is 24.0 Å². The molecule has 8 heteroatoms. The standard InChI is InChI=1S/C22H31N3O3S.HI/c1-16(2)15-28-20-9-6-18(7-10-20)13-24-22(23-4)25-14-19-8-11-21(17(3)12-19)29(5,26)27;/h6-12,16H,13-15H2,1-5H3,(H2,23,24,25);1H. The summed E-state index contributed by atoms with van der Waals surface area (Å²) in [5.74, 6) is 2.05. The Labute approximate surface area is 197 Å². The highest BCUT2D eigenvalue weighted by atomic mass is 127. The first-order chi connectivity index (χ1) is 13.7. The van der Waals surface area contributed by atoms with Crippen LogP contribution in [0.15, 0.2) is 52.4 Å². The molecule has 0 radical (unpaired) electrons. The predicted octanol–water partition coefficient (Wildman–Crippen LogP) is 3.92. The van der Waals surface area contributed by atoms with Crippen LogP contribution in [-0.2, 0) is 22.9 Å². The minimum atomic E-state index is -3.20. The maximum atomic E-state index is 11.7. The lowest BCUT2D eigenvalue weighted by molar-refractivity contribution is 0.271. The highest BCUT2D eigenvalue weighted by molar-refractivity contribution is 14.0. The predicted molar refractivity (Wildman–Crippen MR) is 134 cm³/mol. The first-order valence-corrected chi connectivity index (χ1v) is 11.5. The summed E-state index contributed by atoms with van der Waals surface area (Å²) in [5.41, 5.74) is 2.86. The average Bonchev–Trinajstić information content (AvgIpc) is 2.66. The summed E-state index contributed by atoms with van der Waals surface area (Å²) in [7, 11) is -1.48. The van der Waals surface area contributed by atoms with Crippen LogP contribution < -0.4 is 15.4 Å². The van der Waals surface area contributed by atoms with Gasteiger partial charge in [-0.2, -0.15) is 0 Å². The molecule has 0 aliphatic rings. The smallest absolute Gasteiger partial charge is 0.191 e. The van der Waals surface area contributed by atoms with Gasteiger partial charge in [0, 0.05) is 26.4 Å². The highest BCUT2D eigenvalue weighted by Gasteiger charge is 2.11. The van der Waals surface area contributed by atoms with Crippen LogP contribution >= 0.6 is 24.0 Å². The lowest BCUT2D eigenvalue weighted by Crippen LogP contribution is -2.36. The molecule has 0 unspecified atom stereocenters. The van der Waals surface area contributed by atoms with Crippen molar-refractivity contribution < 1.29 is 13.2 Å². The number of nitrogens with one attached hydrogen (secondary N) is 2. The summed E-state index contributed by atoms with van der Waals surface area (Å²) in [6.45, 7) is 7.94. The number of aryl methyl sites for hydroxylation is 1. The van der Waals surface area contributed by atoms with Gasteiger partial charge < -0.3 is 15.4 Å². The monoisotopic (exact) mass is 545 g/mol. The fourth-order valence-corrected chi connectivity index (χ4v) is 3.76. The molecule has 0 aliphatic heterocycles. The van der Waals surface area contributed by atoms with Gasteiger partial charge in [0.15, 0.2) is 15.8 Å². The largest absolute Gasteiger partial charge is 0.493 e. The molecular weight excluding hydrogens is 513 g/mol. The Morgan fingerprint density at radius 1 is 1.03 bits per heavy atom. The molecule has 0 aromatic heterocycles. The van der Waals surface area contributed by atoms with Gasteiger partial charge in [-0.25, -0.2) is 8.42 Å². The number of hydrogen-bond donors (Lipinski definition) is 2. The van der Waals surface area contributed by atoms with Crippen molar-refractivity contribution in [2.24, 2.45) is 10.9 Å². The molecule has 0 spiro atoms. The second-order valence-corrected chi connectivity index (χ2v) is 9.48. The van der Waals surface area contributed by atoms with E-state index in [4.69, 9.17) is 4.74 Å². The summed E-state index contributed by atoms with van der Waals surface area (Å²) in [5, 5.41) is 6.53. The molecule has 2 aromatic rings. The molecule has 2 rings (SSSR count). The van der Waals surface area contributed by atoms with Gasteiger partial charge in [0.2, 0.25) is 0 Å². The molecule has 0 aliphatic carbocycles. The van der Waals surface area contributed by atoms with Crippen molar-refractivity contribution in [2.75, 3.05) is 19.9 Å². The van der Waals surface area contributed by atoms with E-state index >= 15 is 0 Å². The number of benzene rings is 2. The highest BCUT2D eigenvalue weighted by Crippen LogP contribution is 2.16. The molecular formula is C22H32IN3O3S. The van der Waals surface area contributed by atoms with E-state index in [9.17, 15) is 8.42 Å². The summed E-state index contributed by atoms with van der Waals surface area (Å²) in [6, 6.07) is 13.4. The maximum Gasteiger partial charge on any atom is 0.191 e. The van der Waals surface area contributed by atoms with Crippen LogP contribution in [0.2, 0.25) is 0 Å². The minimum absolute atomic E-state index is 0. The van der Waals surface area contributed by atoms with E-state index in [1.807, 2.05) is 43.3 Å². The molecule has 6 nitrogen and oxygen atoms in total. The summed E-state index contributed by atoms with van der Waals surface area (Å²) in [6.07, 6.45) is 1.22. The van der Waals surface area contributed by atoms with E-state index in [1.54, 1.807) is 13.1 Å². The number of aliphatic imine (C=N–C) groups is 1. The normalized spacial score (nSPS) is 11.7.